The van der Waals surface area contributed by atoms with Gasteiger partial charge in [0.05, 0.1) is 25.6 Å². The first-order valence-electron chi connectivity index (χ1n) is 19.7. The Morgan fingerprint density at radius 2 is 1.11 bits per heavy atom. The number of hydrogen-bond acceptors (Lipinski definition) is 7. The van der Waals surface area contributed by atoms with Gasteiger partial charge in [-0.2, -0.15) is 0 Å². The Bertz CT molecular complexity index is 686. The quantitative estimate of drug-likeness (QED) is 0.0396. The Balaban J connectivity index is 2.49. The standard InChI is InChI=1S/C39H75NO6/c1-5-8-11-14-17-18-19-22-25-35(34-46-39(42)36-28-29-40(4)32-36)33-45-37(41)26-27-38(43-30-23-20-15-12-9-6-2)44-31-24-21-16-13-10-7-3/h35-36,38H,5-34H2,1-4H3. The van der Waals surface area contributed by atoms with Crippen LogP contribution in [0, 0.1) is 11.8 Å². The zero-order valence-corrected chi connectivity index (χ0v) is 30.8. The third-order valence-corrected chi connectivity index (χ3v) is 9.32. The highest BCUT2D eigenvalue weighted by atomic mass is 16.7. The van der Waals surface area contributed by atoms with Gasteiger partial charge in [-0.3, -0.25) is 9.59 Å². The van der Waals surface area contributed by atoms with E-state index in [0.29, 0.717) is 32.8 Å². The van der Waals surface area contributed by atoms with Crippen LogP contribution in [0.3, 0.4) is 0 Å². The molecule has 7 nitrogen and oxygen atoms in total. The molecule has 272 valence electrons. The maximum Gasteiger partial charge on any atom is 0.310 e. The lowest BCUT2D eigenvalue weighted by Crippen LogP contribution is -2.26. The molecular weight excluding hydrogens is 578 g/mol. The second-order valence-corrected chi connectivity index (χ2v) is 13.9. The average molecular weight is 654 g/mol. The summed E-state index contributed by atoms with van der Waals surface area (Å²) in [5.41, 5.74) is 0. The number of esters is 2. The Morgan fingerprint density at radius 3 is 1.61 bits per heavy atom. The summed E-state index contributed by atoms with van der Waals surface area (Å²) in [7, 11) is 2.04. The predicted octanol–water partition coefficient (Wildman–Crippen LogP) is 10.0. The van der Waals surface area contributed by atoms with E-state index in [1.807, 2.05) is 7.05 Å². The van der Waals surface area contributed by atoms with E-state index in [2.05, 4.69) is 25.7 Å². The first-order chi connectivity index (χ1) is 22.5. The van der Waals surface area contributed by atoms with E-state index in [9.17, 15) is 9.59 Å². The SMILES string of the molecule is CCCCCCCCCCC(COC(=O)CCC(OCCCCCCCC)OCCCCCCCC)COC(=O)C1CCN(C)C1. The molecule has 1 aliphatic heterocycles. The summed E-state index contributed by atoms with van der Waals surface area (Å²) in [6, 6.07) is 0. The third-order valence-electron chi connectivity index (χ3n) is 9.32. The number of rotatable bonds is 33. The molecule has 1 aliphatic rings. The number of unbranched alkanes of at least 4 members (excludes halogenated alkanes) is 17. The lowest BCUT2D eigenvalue weighted by molar-refractivity contribution is -0.161. The van der Waals surface area contributed by atoms with Gasteiger partial charge in [-0.15, -0.1) is 0 Å². The molecule has 0 amide bonds. The van der Waals surface area contributed by atoms with E-state index in [-0.39, 0.29) is 36.5 Å². The van der Waals surface area contributed by atoms with Crippen molar-refractivity contribution in [1.29, 1.82) is 0 Å². The molecule has 1 saturated heterocycles. The molecule has 1 heterocycles. The maximum absolute atomic E-state index is 12.8. The van der Waals surface area contributed by atoms with Crippen LogP contribution in [0.2, 0.25) is 0 Å². The first kappa shape index (κ1) is 42.8. The molecule has 46 heavy (non-hydrogen) atoms. The van der Waals surface area contributed by atoms with Crippen LogP contribution in [0.4, 0.5) is 0 Å². The van der Waals surface area contributed by atoms with Crippen LogP contribution < -0.4 is 0 Å². The zero-order chi connectivity index (χ0) is 33.5. The van der Waals surface area contributed by atoms with Crippen molar-refractivity contribution in [3.05, 3.63) is 0 Å². The molecule has 0 aromatic heterocycles. The van der Waals surface area contributed by atoms with Gasteiger partial charge in [-0.05, 0) is 39.3 Å². The van der Waals surface area contributed by atoms with Crippen molar-refractivity contribution in [3.8, 4) is 0 Å². The normalized spacial score (nSPS) is 15.9. The van der Waals surface area contributed by atoms with E-state index < -0.39 is 0 Å². The molecule has 0 spiro atoms. The Labute approximate surface area is 284 Å². The summed E-state index contributed by atoms with van der Waals surface area (Å²) in [5.74, 6) is -0.331. The summed E-state index contributed by atoms with van der Waals surface area (Å²) in [4.78, 5) is 27.7. The molecule has 2 atom stereocenters. The van der Waals surface area contributed by atoms with Crippen molar-refractivity contribution in [1.82, 2.24) is 4.90 Å². The van der Waals surface area contributed by atoms with Crippen LogP contribution in [0.15, 0.2) is 0 Å². The van der Waals surface area contributed by atoms with E-state index >= 15 is 0 Å². The van der Waals surface area contributed by atoms with Gasteiger partial charge in [-0.25, -0.2) is 0 Å². The minimum atomic E-state index is -0.363. The smallest absolute Gasteiger partial charge is 0.310 e. The molecule has 2 unspecified atom stereocenters. The third kappa shape index (κ3) is 24.9. The van der Waals surface area contributed by atoms with Crippen molar-refractivity contribution in [2.24, 2.45) is 11.8 Å². The Kier molecular flexibility index (Phi) is 29.0. The number of carbonyl (C=O) groups excluding carboxylic acids is 2. The molecule has 0 aromatic rings. The van der Waals surface area contributed by atoms with Gasteiger partial charge in [0.2, 0.25) is 0 Å². The highest BCUT2D eigenvalue weighted by Crippen LogP contribution is 2.19. The lowest BCUT2D eigenvalue weighted by Gasteiger charge is -2.20. The van der Waals surface area contributed by atoms with Crippen LogP contribution in [0.5, 0.6) is 0 Å². The van der Waals surface area contributed by atoms with Gasteiger partial charge < -0.3 is 23.8 Å². The van der Waals surface area contributed by atoms with Gasteiger partial charge in [0, 0.05) is 32.1 Å². The molecule has 0 bridgehead atoms. The summed E-state index contributed by atoms with van der Waals surface area (Å²) in [5, 5.41) is 0. The van der Waals surface area contributed by atoms with Crippen molar-refractivity contribution in [3.63, 3.8) is 0 Å². The van der Waals surface area contributed by atoms with Gasteiger partial charge in [0.1, 0.15) is 0 Å². The van der Waals surface area contributed by atoms with E-state index in [0.717, 1.165) is 45.2 Å². The van der Waals surface area contributed by atoms with Crippen molar-refractivity contribution >= 4 is 11.9 Å². The number of likely N-dealkylation sites (tertiary alicyclic amines) is 1. The molecule has 0 radical (unpaired) electrons. The Hall–Kier alpha value is -1.18. The van der Waals surface area contributed by atoms with Gasteiger partial charge >= 0.3 is 11.9 Å². The van der Waals surface area contributed by atoms with Crippen LogP contribution in [0.1, 0.15) is 175 Å². The highest BCUT2D eigenvalue weighted by molar-refractivity contribution is 5.73. The number of carbonyl (C=O) groups is 2. The Morgan fingerprint density at radius 1 is 0.630 bits per heavy atom. The fourth-order valence-electron chi connectivity index (χ4n) is 6.15. The molecule has 0 aliphatic carbocycles. The molecule has 0 aromatic carbocycles. The minimum Gasteiger partial charge on any atom is -0.465 e. The number of ether oxygens (including phenoxy) is 4. The first-order valence-corrected chi connectivity index (χ1v) is 19.7. The topological polar surface area (TPSA) is 74.3 Å². The van der Waals surface area contributed by atoms with E-state index in [4.69, 9.17) is 18.9 Å². The van der Waals surface area contributed by atoms with E-state index in [1.54, 1.807) is 0 Å². The summed E-state index contributed by atoms with van der Waals surface area (Å²) < 4.78 is 23.7. The number of nitrogens with zero attached hydrogens (tertiary/aromatic N) is 1. The molecule has 1 fully saturated rings. The molecule has 0 N–H and O–H groups in total. The highest BCUT2D eigenvalue weighted by Gasteiger charge is 2.28. The van der Waals surface area contributed by atoms with Crippen molar-refractivity contribution in [2.75, 3.05) is 46.6 Å². The second-order valence-electron chi connectivity index (χ2n) is 13.9. The van der Waals surface area contributed by atoms with Gasteiger partial charge in [0.25, 0.3) is 0 Å². The fraction of sp³-hybridized carbons (Fsp3) is 0.949. The second kappa shape index (κ2) is 31.1. The molecule has 1 rings (SSSR count). The minimum absolute atomic E-state index is 0.0378. The largest absolute Gasteiger partial charge is 0.465 e. The lowest BCUT2D eigenvalue weighted by atomic mass is 10.0. The van der Waals surface area contributed by atoms with Crippen LogP contribution in [-0.2, 0) is 28.5 Å². The van der Waals surface area contributed by atoms with Gasteiger partial charge in [-0.1, -0.05) is 136 Å². The number of hydrogen-bond donors (Lipinski definition) is 0. The molecular formula is C39H75NO6. The maximum atomic E-state index is 12.8. The van der Waals surface area contributed by atoms with Crippen LogP contribution in [-0.4, -0.2) is 69.7 Å². The van der Waals surface area contributed by atoms with Crippen molar-refractivity contribution in [2.45, 2.75) is 181 Å². The van der Waals surface area contributed by atoms with Crippen LogP contribution >= 0.6 is 0 Å². The monoisotopic (exact) mass is 654 g/mol. The zero-order valence-electron chi connectivity index (χ0n) is 30.8. The van der Waals surface area contributed by atoms with Gasteiger partial charge in [0.15, 0.2) is 6.29 Å². The summed E-state index contributed by atoms with van der Waals surface area (Å²) >= 11 is 0. The predicted molar refractivity (Wildman–Crippen MR) is 190 cm³/mol. The average Bonchev–Trinajstić information content (AvgIpc) is 3.50. The summed E-state index contributed by atoms with van der Waals surface area (Å²) in [6.45, 7) is 10.4. The molecule has 7 heteroatoms. The van der Waals surface area contributed by atoms with E-state index in [1.165, 1.54) is 109 Å². The van der Waals surface area contributed by atoms with Crippen LogP contribution in [0.25, 0.3) is 0 Å². The fourth-order valence-corrected chi connectivity index (χ4v) is 6.15. The van der Waals surface area contributed by atoms with Crippen molar-refractivity contribution < 1.29 is 28.5 Å². The summed E-state index contributed by atoms with van der Waals surface area (Å²) in [6.07, 6.45) is 26.8. The molecule has 0 saturated carbocycles.